The summed E-state index contributed by atoms with van der Waals surface area (Å²) < 4.78 is 19.0. The molecular weight excluding hydrogens is 464 g/mol. The van der Waals surface area contributed by atoms with Crippen LogP contribution in [0.3, 0.4) is 0 Å². The van der Waals surface area contributed by atoms with Crippen LogP contribution in [0.4, 0.5) is 0 Å². The van der Waals surface area contributed by atoms with Crippen LogP contribution >= 0.6 is 11.3 Å². The summed E-state index contributed by atoms with van der Waals surface area (Å²) in [6, 6.07) is 12.6. The van der Waals surface area contributed by atoms with E-state index in [-0.39, 0.29) is 12.2 Å². The first-order chi connectivity index (χ1) is 16.9. The van der Waals surface area contributed by atoms with Crippen LogP contribution in [0.25, 0.3) is 6.08 Å². The summed E-state index contributed by atoms with van der Waals surface area (Å²) >= 11 is 1.29. The SMILES string of the molecule is CCOC(=O)C1=C(C)N=c2sc(=Cc3ccc(C)cc3)c(=O)n2[C@@H]1c1cccc(OC)c1OCC. The number of para-hydroxylation sites is 1. The lowest BCUT2D eigenvalue weighted by Gasteiger charge is -2.26. The van der Waals surface area contributed by atoms with Gasteiger partial charge in [0.15, 0.2) is 16.3 Å². The van der Waals surface area contributed by atoms with Crippen LogP contribution in [0.2, 0.25) is 0 Å². The molecule has 0 radical (unpaired) electrons. The number of esters is 1. The van der Waals surface area contributed by atoms with E-state index in [9.17, 15) is 9.59 Å². The van der Waals surface area contributed by atoms with Crippen LogP contribution < -0.4 is 24.4 Å². The van der Waals surface area contributed by atoms with Gasteiger partial charge in [-0.25, -0.2) is 9.79 Å². The van der Waals surface area contributed by atoms with Gasteiger partial charge in [0.25, 0.3) is 5.56 Å². The number of rotatable bonds is 7. The van der Waals surface area contributed by atoms with E-state index in [4.69, 9.17) is 14.2 Å². The molecule has 0 saturated heterocycles. The van der Waals surface area contributed by atoms with E-state index >= 15 is 0 Å². The predicted molar refractivity (Wildman–Crippen MR) is 136 cm³/mol. The van der Waals surface area contributed by atoms with Crippen LogP contribution in [-0.4, -0.2) is 30.9 Å². The summed E-state index contributed by atoms with van der Waals surface area (Å²) in [6.07, 6.45) is 1.85. The summed E-state index contributed by atoms with van der Waals surface area (Å²) in [7, 11) is 1.56. The maximum absolute atomic E-state index is 13.8. The topological polar surface area (TPSA) is 79.1 Å². The fourth-order valence-electron chi connectivity index (χ4n) is 4.11. The number of nitrogens with zero attached hydrogens (tertiary/aromatic N) is 2. The highest BCUT2D eigenvalue weighted by atomic mass is 32.1. The van der Waals surface area contributed by atoms with Crippen molar-refractivity contribution in [3.05, 3.63) is 90.1 Å². The number of fused-ring (bicyclic) bond motifs is 1. The number of aryl methyl sites for hydroxylation is 1. The minimum atomic E-state index is -0.776. The Balaban J connectivity index is 2.01. The van der Waals surface area contributed by atoms with Crippen molar-refractivity contribution in [2.45, 2.75) is 33.7 Å². The zero-order valence-corrected chi connectivity index (χ0v) is 21.3. The predicted octanol–water partition coefficient (Wildman–Crippen LogP) is 3.51. The Morgan fingerprint density at radius 2 is 1.86 bits per heavy atom. The number of allylic oxidation sites excluding steroid dienone is 1. The van der Waals surface area contributed by atoms with Gasteiger partial charge in [-0.1, -0.05) is 53.3 Å². The summed E-state index contributed by atoms with van der Waals surface area (Å²) in [5.41, 5.74) is 3.25. The highest BCUT2D eigenvalue weighted by Crippen LogP contribution is 2.40. The van der Waals surface area contributed by atoms with E-state index in [1.807, 2.05) is 56.3 Å². The first kappa shape index (κ1) is 24.5. The van der Waals surface area contributed by atoms with Gasteiger partial charge >= 0.3 is 5.97 Å². The van der Waals surface area contributed by atoms with Gasteiger partial charge in [0.05, 0.1) is 36.1 Å². The molecule has 0 aliphatic carbocycles. The molecule has 2 aromatic carbocycles. The number of aromatic nitrogens is 1. The highest BCUT2D eigenvalue weighted by molar-refractivity contribution is 7.07. The van der Waals surface area contributed by atoms with E-state index in [0.717, 1.165) is 11.1 Å². The first-order valence-electron chi connectivity index (χ1n) is 11.5. The number of carbonyl (C=O) groups is 1. The van der Waals surface area contributed by atoms with E-state index in [0.29, 0.717) is 44.3 Å². The summed E-state index contributed by atoms with van der Waals surface area (Å²) in [4.78, 5) is 32.0. The largest absolute Gasteiger partial charge is 0.493 e. The second kappa shape index (κ2) is 10.3. The Morgan fingerprint density at radius 3 is 2.51 bits per heavy atom. The number of hydrogen-bond donors (Lipinski definition) is 0. The third-order valence-electron chi connectivity index (χ3n) is 5.70. The minimum absolute atomic E-state index is 0.205. The average Bonchev–Trinajstić information content (AvgIpc) is 3.14. The lowest BCUT2D eigenvalue weighted by atomic mass is 9.94. The molecule has 0 bridgehead atoms. The standard InChI is InChI=1S/C27H28N2O5S/c1-6-33-24-19(9-8-10-20(24)32-5)23-22(26(31)34-7-2)17(4)28-27-29(23)25(30)21(35-27)15-18-13-11-16(3)12-14-18/h8-15,23H,6-7H2,1-5H3/t23-/m1/s1. The maximum Gasteiger partial charge on any atom is 0.338 e. The van der Waals surface area contributed by atoms with Gasteiger partial charge in [0.2, 0.25) is 0 Å². The maximum atomic E-state index is 13.8. The van der Waals surface area contributed by atoms with Crippen molar-refractivity contribution in [1.29, 1.82) is 0 Å². The highest BCUT2D eigenvalue weighted by Gasteiger charge is 2.35. The zero-order chi connectivity index (χ0) is 25.1. The summed E-state index contributed by atoms with van der Waals surface area (Å²) in [5.74, 6) is 0.480. The molecule has 0 fully saturated rings. The van der Waals surface area contributed by atoms with Crippen molar-refractivity contribution >= 4 is 23.4 Å². The number of hydrogen-bond acceptors (Lipinski definition) is 7. The monoisotopic (exact) mass is 492 g/mol. The minimum Gasteiger partial charge on any atom is -0.493 e. The molecule has 1 atom stereocenters. The molecule has 0 spiro atoms. The molecule has 35 heavy (non-hydrogen) atoms. The van der Waals surface area contributed by atoms with E-state index < -0.39 is 12.0 Å². The fraction of sp³-hybridized carbons (Fsp3) is 0.296. The van der Waals surface area contributed by atoms with Crippen molar-refractivity contribution in [3.8, 4) is 11.5 Å². The van der Waals surface area contributed by atoms with Crippen LogP contribution in [0.15, 0.2) is 63.5 Å². The number of carbonyl (C=O) groups excluding carboxylic acids is 1. The Morgan fingerprint density at radius 1 is 1.11 bits per heavy atom. The van der Waals surface area contributed by atoms with Crippen molar-refractivity contribution < 1.29 is 19.0 Å². The van der Waals surface area contributed by atoms with Crippen molar-refractivity contribution in [1.82, 2.24) is 4.57 Å². The Hall–Kier alpha value is -3.65. The quantitative estimate of drug-likeness (QED) is 0.472. The molecule has 3 aromatic rings. The molecule has 8 heteroatoms. The van der Waals surface area contributed by atoms with Crippen LogP contribution in [-0.2, 0) is 9.53 Å². The molecule has 1 aromatic heterocycles. The van der Waals surface area contributed by atoms with Crippen molar-refractivity contribution in [3.63, 3.8) is 0 Å². The molecule has 2 heterocycles. The van der Waals surface area contributed by atoms with Crippen molar-refractivity contribution in [2.75, 3.05) is 20.3 Å². The third kappa shape index (κ3) is 4.66. The van der Waals surface area contributed by atoms with Gasteiger partial charge in [0, 0.05) is 5.56 Å². The zero-order valence-electron chi connectivity index (χ0n) is 20.5. The number of ether oxygens (including phenoxy) is 3. The van der Waals surface area contributed by atoms with E-state index in [2.05, 4.69) is 4.99 Å². The van der Waals surface area contributed by atoms with E-state index in [1.165, 1.54) is 11.3 Å². The molecule has 4 rings (SSSR count). The van der Waals surface area contributed by atoms with Crippen molar-refractivity contribution in [2.24, 2.45) is 4.99 Å². The van der Waals surface area contributed by atoms with Crippen LogP contribution in [0, 0.1) is 6.92 Å². The van der Waals surface area contributed by atoms with Gasteiger partial charge in [-0.2, -0.15) is 0 Å². The molecular formula is C27H28N2O5S. The summed E-state index contributed by atoms with van der Waals surface area (Å²) in [6.45, 7) is 7.99. The van der Waals surface area contributed by atoms with E-state index in [1.54, 1.807) is 31.6 Å². The van der Waals surface area contributed by atoms with Gasteiger partial charge in [-0.05, 0) is 45.4 Å². The molecule has 1 aliphatic heterocycles. The average molecular weight is 493 g/mol. The number of thiazole rings is 1. The van der Waals surface area contributed by atoms with Gasteiger partial charge < -0.3 is 14.2 Å². The number of benzene rings is 2. The van der Waals surface area contributed by atoms with Crippen LogP contribution in [0.5, 0.6) is 11.5 Å². The molecule has 1 aliphatic rings. The Labute approximate surface area is 207 Å². The Kier molecular flexibility index (Phi) is 7.21. The molecule has 182 valence electrons. The normalized spacial score (nSPS) is 15.5. The fourth-order valence-corrected chi connectivity index (χ4v) is 5.15. The molecule has 0 unspecified atom stereocenters. The smallest absolute Gasteiger partial charge is 0.338 e. The second-order valence-corrected chi connectivity index (χ2v) is 9.03. The lowest BCUT2D eigenvalue weighted by molar-refractivity contribution is -0.139. The molecule has 0 N–H and O–H groups in total. The number of methoxy groups -OCH3 is 1. The van der Waals surface area contributed by atoms with Crippen LogP contribution in [0.1, 0.15) is 43.5 Å². The second-order valence-electron chi connectivity index (χ2n) is 8.02. The Bertz CT molecular complexity index is 1460. The lowest BCUT2D eigenvalue weighted by Crippen LogP contribution is -2.40. The first-order valence-corrected chi connectivity index (χ1v) is 12.3. The summed E-state index contributed by atoms with van der Waals surface area (Å²) in [5, 5.41) is 0. The molecule has 0 saturated carbocycles. The molecule has 7 nitrogen and oxygen atoms in total. The molecule has 0 amide bonds. The third-order valence-corrected chi connectivity index (χ3v) is 6.69. The van der Waals surface area contributed by atoms with Gasteiger partial charge in [-0.15, -0.1) is 0 Å². The van der Waals surface area contributed by atoms with Gasteiger partial charge in [0.1, 0.15) is 6.04 Å². The van der Waals surface area contributed by atoms with Gasteiger partial charge in [-0.3, -0.25) is 9.36 Å².